The van der Waals surface area contributed by atoms with Gasteiger partial charge in [0.1, 0.15) is 6.07 Å². The van der Waals surface area contributed by atoms with Crippen LogP contribution in [0.15, 0.2) is 6.20 Å². The Morgan fingerprint density at radius 1 is 1.30 bits per heavy atom. The second kappa shape index (κ2) is 5.66. The van der Waals surface area contributed by atoms with Crippen molar-refractivity contribution >= 4 is 17.8 Å². The van der Waals surface area contributed by atoms with Crippen LogP contribution in [0.2, 0.25) is 0 Å². The van der Waals surface area contributed by atoms with Crippen LogP contribution in [-0.4, -0.2) is 11.0 Å². The summed E-state index contributed by atoms with van der Waals surface area (Å²) in [4.78, 5) is 4.43. The van der Waals surface area contributed by atoms with Crippen LogP contribution in [0.5, 0.6) is 0 Å². The molecule has 1 N–H and O–H groups in total. The van der Waals surface area contributed by atoms with Gasteiger partial charge in [0.25, 0.3) is 0 Å². The van der Waals surface area contributed by atoms with E-state index in [1.165, 1.54) is 32.1 Å². The SMILES string of the molecule is CC1C=c2c(NC3CCCCC3)c(C#N)cnc2=CC1. The molecule has 0 amide bonds. The summed E-state index contributed by atoms with van der Waals surface area (Å²) in [7, 11) is 0. The van der Waals surface area contributed by atoms with E-state index in [1.807, 2.05) is 0 Å². The van der Waals surface area contributed by atoms with Gasteiger partial charge in [0.05, 0.1) is 16.6 Å². The lowest BCUT2D eigenvalue weighted by molar-refractivity contribution is 0.462. The number of fused-ring (bicyclic) bond motifs is 1. The average molecular weight is 267 g/mol. The van der Waals surface area contributed by atoms with Crippen molar-refractivity contribution in [3.63, 3.8) is 0 Å². The van der Waals surface area contributed by atoms with Crippen LogP contribution in [0.3, 0.4) is 0 Å². The van der Waals surface area contributed by atoms with Gasteiger partial charge in [-0.2, -0.15) is 5.26 Å². The van der Waals surface area contributed by atoms with Crippen molar-refractivity contribution in [3.8, 4) is 6.07 Å². The second-order valence-electron chi connectivity index (χ2n) is 6.02. The molecule has 2 aliphatic rings. The quantitative estimate of drug-likeness (QED) is 0.894. The first kappa shape index (κ1) is 13.2. The molecule has 20 heavy (non-hydrogen) atoms. The number of anilines is 1. The van der Waals surface area contributed by atoms with Gasteiger partial charge in [-0.05, 0) is 25.2 Å². The number of hydrogen-bond acceptors (Lipinski definition) is 3. The number of nitrogens with zero attached hydrogens (tertiary/aromatic N) is 2. The van der Waals surface area contributed by atoms with E-state index in [1.54, 1.807) is 6.20 Å². The minimum absolute atomic E-state index is 0.507. The number of aromatic nitrogens is 1. The summed E-state index contributed by atoms with van der Waals surface area (Å²) in [6.45, 7) is 2.21. The summed E-state index contributed by atoms with van der Waals surface area (Å²) in [6, 6.07) is 2.80. The van der Waals surface area contributed by atoms with Gasteiger partial charge in [0, 0.05) is 17.5 Å². The molecular formula is C17H21N3. The smallest absolute Gasteiger partial charge is 0.103 e. The lowest BCUT2D eigenvalue weighted by Gasteiger charge is -2.25. The van der Waals surface area contributed by atoms with E-state index in [0.717, 1.165) is 22.7 Å². The fourth-order valence-corrected chi connectivity index (χ4v) is 3.21. The first-order chi connectivity index (χ1) is 9.78. The third-order valence-electron chi connectivity index (χ3n) is 4.36. The normalized spacial score (nSPS) is 22.1. The molecule has 1 aromatic heterocycles. The zero-order chi connectivity index (χ0) is 13.9. The summed E-state index contributed by atoms with van der Waals surface area (Å²) in [6.07, 6.45) is 13.5. The Morgan fingerprint density at radius 3 is 2.85 bits per heavy atom. The summed E-state index contributed by atoms with van der Waals surface area (Å²) in [5.41, 5.74) is 1.68. The van der Waals surface area contributed by atoms with Gasteiger partial charge >= 0.3 is 0 Å². The van der Waals surface area contributed by atoms with Crippen molar-refractivity contribution in [2.45, 2.75) is 51.5 Å². The first-order valence-electron chi connectivity index (χ1n) is 7.65. The lowest BCUT2D eigenvalue weighted by atomic mass is 9.94. The van der Waals surface area contributed by atoms with Crippen LogP contribution < -0.4 is 15.9 Å². The zero-order valence-electron chi connectivity index (χ0n) is 12.0. The van der Waals surface area contributed by atoms with Crippen LogP contribution in [0.25, 0.3) is 12.2 Å². The highest BCUT2D eigenvalue weighted by Crippen LogP contribution is 2.21. The molecular weight excluding hydrogens is 246 g/mol. The monoisotopic (exact) mass is 267 g/mol. The predicted molar refractivity (Wildman–Crippen MR) is 81.4 cm³/mol. The first-order valence-corrected chi connectivity index (χ1v) is 7.65. The third-order valence-corrected chi connectivity index (χ3v) is 4.36. The third kappa shape index (κ3) is 2.56. The van der Waals surface area contributed by atoms with Crippen molar-refractivity contribution in [1.82, 2.24) is 4.98 Å². The van der Waals surface area contributed by atoms with Crippen LogP contribution >= 0.6 is 0 Å². The molecule has 1 atom stereocenters. The van der Waals surface area contributed by atoms with E-state index in [0.29, 0.717) is 17.5 Å². The molecule has 0 bridgehead atoms. The molecule has 1 heterocycles. The summed E-state index contributed by atoms with van der Waals surface area (Å²) in [5.74, 6) is 0.519. The molecule has 0 spiro atoms. The molecule has 1 unspecified atom stereocenters. The highest BCUT2D eigenvalue weighted by atomic mass is 14.9. The van der Waals surface area contributed by atoms with E-state index in [2.05, 4.69) is 35.4 Å². The molecule has 0 aromatic carbocycles. The average Bonchev–Trinajstić information content (AvgIpc) is 2.49. The van der Waals surface area contributed by atoms with Gasteiger partial charge in [-0.1, -0.05) is 38.3 Å². The minimum Gasteiger partial charge on any atom is -0.381 e. The number of rotatable bonds is 2. The number of hydrogen-bond donors (Lipinski definition) is 1. The summed E-state index contributed by atoms with van der Waals surface area (Å²) >= 11 is 0. The van der Waals surface area contributed by atoms with Gasteiger partial charge < -0.3 is 5.32 Å². The van der Waals surface area contributed by atoms with Crippen LogP contribution in [0.1, 0.15) is 51.0 Å². The maximum atomic E-state index is 9.36. The molecule has 3 nitrogen and oxygen atoms in total. The molecule has 3 heteroatoms. The Hall–Kier alpha value is -1.82. The van der Waals surface area contributed by atoms with Gasteiger partial charge in [-0.25, -0.2) is 0 Å². The Balaban J connectivity index is 2.04. The van der Waals surface area contributed by atoms with Crippen molar-refractivity contribution in [2.24, 2.45) is 5.92 Å². The maximum Gasteiger partial charge on any atom is 0.103 e. The fraction of sp³-hybridized carbons (Fsp3) is 0.529. The van der Waals surface area contributed by atoms with Crippen LogP contribution in [-0.2, 0) is 0 Å². The van der Waals surface area contributed by atoms with E-state index in [9.17, 15) is 5.26 Å². The van der Waals surface area contributed by atoms with E-state index in [4.69, 9.17) is 0 Å². The molecule has 0 aliphatic heterocycles. The van der Waals surface area contributed by atoms with Crippen molar-refractivity contribution in [1.29, 1.82) is 5.26 Å². The van der Waals surface area contributed by atoms with E-state index >= 15 is 0 Å². The van der Waals surface area contributed by atoms with Crippen molar-refractivity contribution < 1.29 is 0 Å². The topological polar surface area (TPSA) is 48.7 Å². The maximum absolute atomic E-state index is 9.36. The lowest BCUT2D eigenvalue weighted by Crippen LogP contribution is -2.37. The predicted octanol–water partition coefficient (Wildman–Crippen LogP) is 2.30. The van der Waals surface area contributed by atoms with Crippen LogP contribution in [0, 0.1) is 17.2 Å². The molecule has 104 valence electrons. The van der Waals surface area contributed by atoms with Gasteiger partial charge in [0.2, 0.25) is 0 Å². The Bertz CT molecular complexity index is 648. The molecule has 1 saturated carbocycles. The molecule has 0 saturated heterocycles. The van der Waals surface area contributed by atoms with Gasteiger partial charge in [-0.15, -0.1) is 0 Å². The van der Waals surface area contributed by atoms with E-state index in [-0.39, 0.29) is 0 Å². The Morgan fingerprint density at radius 2 is 2.10 bits per heavy atom. The van der Waals surface area contributed by atoms with Crippen LogP contribution in [0.4, 0.5) is 5.69 Å². The van der Waals surface area contributed by atoms with E-state index < -0.39 is 0 Å². The molecule has 1 fully saturated rings. The minimum atomic E-state index is 0.507. The summed E-state index contributed by atoms with van der Waals surface area (Å²) < 4.78 is 0. The van der Waals surface area contributed by atoms with Crippen molar-refractivity contribution in [3.05, 3.63) is 22.3 Å². The largest absolute Gasteiger partial charge is 0.381 e. The zero-order valence-corrected chi connectivity index (χ0v) is 12.0. The van der Waals surface area contributed by atoms with Crippen molar-refractivity contribution in [2.75, 3.05) is 5.32 Å². The van der Waals surface area contributed by atoms with Gasteiger partial charge in [0.15, 0.2) is 0 Å². The highest BCUT2D eigenvalue weighted by Gasteiger charge is 2.17. The standard InChI is InChI=1S/C17H21N3/c1-12-7-8-16-15(9-12)17(13(10-18)11-19-16)20-14-5-3-2-4-6-14/h8-9,11-12,14,20H,2-7H2,1H3. The number of nitriles is 1. The Kier molecular flexibility index (Phi) is 3.73. The molecule has 1 aromatic rings. The second-order valence-corrected chi connectivity index (χ2v) is 6.02. The molecule has 2 aliphatic carbocycles. The van der Waals surface area contributed by atoms with Gasteiger partial charge in [-0.3, -0.25) is 4.98 Å². The highest BCUT2D eigenvalue weighted by molar-refractivity contribution is 5.61. The summed E-state index contributed by atoms with van der Waals surface area (Å²) in [5, 5.41) is 15.2. The number of pyridine rings is 1. The molecule has 0 radical (unpaired) electrons. The fourth-order valence-electron chi connectivity index (χ4n) is 3.21. The molecule has 3 rings (SSSR count). The Labute approximate surface area is 120 Å². The number of nitrogens with one attached hydrogen (secondary N) is 1.